The molecule has 3 unspecified atom stereocenters. The third kappa shape index (κ3) is 7.08. The Morgan fingerprint density at radius 1 is 0.867 bits per heavy atom. The molecule has 45 heavy (non-hydrogen) atoms. The van der Waals surface area contributed by atoms with E-state index in [-0.39, 0.29) is 0 Å². The van der Waals surface area contributed by atoms with Crippen LogP contribution in [0.1, 0.15) is 145 Å². The zero-order valence-electron chi connectivity index (χ0n) is 30.2. The minimum absolute atomic E-state index is 0.443. The number of hydrogen-bond donors (Lipinski definition) is 1. The fraction of sp³-hybridized carbons (Fsp3) is 0.714. The van der Waals surface area contributed by atoms with Crippen LogP contribution >= 0.6 is 0 Å². The Bertz CT molecular complexity index is 1290. The SMILES string of the molecule is C=C(C(C)=C1CC2(CCCC2)CC1=C(C)C(C)=NCC1CCCN1C(=C)CC(C)C)C1CC2(CCCC2)CC1/C(C)=C(/C)C=N. The molecular weight excluding hydrogens is 546 g/mol. The molecule has 1 N–H and O–H groups in total. The van der Waals surface area contributed by atoms with Gasteiger partial charge in [0.2, 0.25) is 0 Å². The van der Waals surface area contributed by atoms with Crippen LogP contribution in [0.2, 0.25) is 0 Å². The van der Waals surface area contributed by atoms with Crippen LogP contribution in [0.5, 0.6) is 0 Å². The molecule has 3 nitrogen and oxygen atoms in total. The van der Waals surface area contributed by atoms with E-state index < -0.39 is 0 Å². The number of hydrogen-bond acceptors (Lipinski definition) is 3. The molecule has 1 heterocycles. The number of rotatable bonds is 10. The summed E-state index contributed by atoms with van der Waals surface area (Å²) in [5.74, 6) is 1.66. The van der Waals surface area contributed by atoms with Crippen molar-refractivity contribution >= 4 is 11.9 Å². The highest BCUT2D eigenvalue weighted by atomic mass is 15.2. The highest BCUT2D eigenvalue weighted by molar-refractivity contribution is 5.99. The van der Waals surface area contributed by atoms with E-state index in [2.05, 4.69) is 59.9 Å². The van der Waals surface area contributed by atoms with Crippen LogP contribution < -0.4 is 0 Å². The van der Waals surface area contributed by atoms with Gasteiger partial charge in [0.25, 0.3) is 0 Å². The molecule has 1 aliphatic heterocycles. The Kier molecular flexibility index (Phi) is 10.6. The second kappa shape index (κ2) is 13.9. The van der Waals surface area contributed by atoms with Crippen molar-refractivity contribution in [2.24, 2.45) is 33.6 Å². The highest BCUT2D eigenvalue weighted by Gasteiger charge is 2.49. The van der Waals surface area contributed by atoms with Gasteiger partial charge in [0.15, 0.2) is 0 Å². The second-order valence-corrected chi connectivity index (χ2v) is 16.7. The number of likely N-dealkylation sites (tertiary alicyclic amines) is 1. The van der Waals surface area contributed by atoms with Crippen LogP contribution in [0.25, 0.3) is 0 Å². The van der Waals surface area contributed by atoms with Crippen LogP contribution in [0.15, 0.2) is 62.9 Å². The van der Waals surface area contributed by atoms with Crippen molar-refractivity contribution in [2.45, 2.75) is 151 Å². The van der Waals surface area contributed by atoms with Crippen molar-refractivity contribution in [3.8, 4) is 0 Å². The molecule has 0 radical (unpaired) electrons. The average Bonchev–Trinajstić information content (AvgIpc) is 3.86. The van der Waals surface area contributed by atoms with Gasteiger partial charge in [-0.15, -0.1) is 0 Å². The first-order valence-corrected chi connectivity index (χ1v) is 18.6. The lowest BCUT2D eigenvalue weighted by atomic mass is 9.78. The number of nitrogens with one attached hydrogen (secondary N) is 1. The third-order valence-corrected chi connectivity index (χ3v) is 13.3. The summed E-state index contributed by atoms with van der Waals surface area (Å²) in [6.07, 6.45) is 21.2. The Morgan fingerprint density at radius 3 is 2.04 bits per heavy atom. The molecule has 5 aliphatic rings. The molecule has 0 aromatic carbocycles. The van der Waals surface area contributed by atoms with Gasteiger partial charge in [-0.05, 0) is 167 Å². The lowest BCUT2D eigenvalue weighted by molar-refractivity contribution is 0.296. The average molecular weight is 612 g/mol. The highest BCUT2D eigenvalue weighted by Crippen LogP contribution is 2.61. The largest absolute Gasteiger partial charge is 0.370 e. The van der Waals surface area contributed by atoms with Crippen molar-refractivity contribution in [2.75, 3.05) is 13.1 Å². The lowest BCUT2D eigenvalue weighted by Gasteiger charge is -2.29. The molecule has 3 atom stereocenters. The Hall–Kier alpha value is -2.16. The Morgan fingerprint density at radius 2 is 1.44 bits per heavy atom. The van der Waals surface area contributed by atoms with Crippen molar-refractivity contribution in [3.05, 3.63) is 57.9 Å². The van der Waals surface area contributed by atoms with E-state index in [9.17, 15) is 0 Å². The van der Waals surface area contributed by atoms with E-state index >= 15 is 0 Å². The van der Waals surface area contributed by atoms with Gasteiger partial charge >= 0.3 is 0 Å². The molecule has 3 heteroatoms. The van der Waals surface area contributed by atoms with Gasteiger partial charge in [0.1, 0.15) is 0 Å². The Labute approximate surface area is 277 Å². The van der Waals surface area contributed by atoms with Gasteiger partial charge in [-0.2, -0.15) is 0 Å². The molecule has 0 aromatic rings. The smallest absolute Gasteiger partial charge is 0.0596 e. The van der Waals surface area contributed by atoms with Crippen LogP contribution in [-0.4, -0.2) is 36.0 Å². The molecule has 5 fully saturated rings. The molecule has 0 aromatic heterocycles. The summed E-state index contributed by atoms with van der Waals surface area (Å²) < 4.78 is 0. The van der Waals surface area contributed by atoms with Crippen molar-refractivity contribution in [1.29, 1.82) is 5.41 Å². The molecule has 4 aliphatic carbocycles. The maximum atomic E-state index is 8.01. The van der Waals surface area contributed by atoms with Gasteiger partial charge in [-0.1, -0.05) is 58.3 Å². The lowest BCUT2D eigenvalue weighted by Crippen LogP contribution is -2.31. The zero-order chi connectivity index (χ0) is 32.5. The van der Waals surface area contributed by atoms with E-state index in [0.29, 0.717) is 34.6 Å². The van der Waals surface area contributed by atoms with Gasteiger partial charge in [0, 0.05) is 30.2 Å². The summed E-state index contributed by atoms with van der Waals surface area (Å²) in [5.41, 5.74) is 13.6. The van der Waals surface area contributed by atoms with Crippen molar-refractivity contribution in [1.82, 2.24) is 4.90 Å². The number of allylic oxidation sites excluding steroid dienone is 8. The predicted octanol–water partition coefficient (Wildman–Crippen LogP) is 11.6. The van der Waals surface area contributed by atoms with E-state index in [1.807, 2.05) is 0 Å². The molecule has 0 amide bonds. The second-order valence-electron chi connectivity index (χ2n) is 16.7. The minimum Gasteiger partial charge on any atom is -0.370 e. The molecule has 2 spiro atoms. The number of aliphatic imine (C=N–C) groups is 1. The van der Waals surface area contributed by atoms with Crippen LogP contribution in [0, 0.1) is 34.0 Å². The quantitative estimate of drug-likeness (QED) is 0.245. The van der Waals surface area contributed by atoms with Crippen LogP contribution in [0.3, 0.4) is 0 Å². The molecule has 248 valence electrons. The van der Waals surface area contributed by atoms with Crippen molar-refractivity contribution < 1.29 is 0 Å². The van der Waals surface area contributed by atoms with Crippen LogP contribution in [-0.2, 0) is 0 Å². The van der Waals surface area contributed by atoms with Gasteiger partial charge in [-0.3, -0.25) is 4.99 Å². The normalized spacial score (nSPS) is 30.5. The Balaban J connectivity index is 1.45. The van der Waals surface area contributed by atoms with Crippen molar-refractivity contribution in [3.63, 3.8) is 0 Å². The predicted molar refractivity (Wildman–Crippen MR) is 195 cm³/mol. The first kappa shape index (κ1) is 34.2. The van der Waals surface area contributed by atoms with E-state index in [1.54, 1.807) is 17.4 Å². The number of nitrogens with zero attached hydrogens (tertiary/aromatic N) is 2. The topological polar surface area (TPSA) is 39.5 Å². The maximum Gasteiger partial charge on any atom is 0.0596 e. The van der Waals surface area contributed by atoms with E-state index in [1.165, 1.54) is 124 Å². The minimum atomic E-state index is 0.443. The zero-order valence-corrected chi connectivity index (χ0v) is 30.2. The first-order chi connectivity index (χ1) is 21.4. The van der Waals surface area contributed by atoms with Crippen LogP contribution in [0.4, 0.5) is 0 Å². The molecule has 0 bridgehead atoms. The van der Waals surface area contributed by atoms with Gasteiger partial charge in [-0.25, -0.2) is 0 Å². The fourth-order valence-electron chi connectivity index (χ4n) is 10.4. The summed E-state index contributed by atoms with van der Waals surface area (Å²) in [7, 11) is 0. The summed E-state index contributed by atoms with van der Waals surface area (Å²) in [4.78, 5) is 7.87. The standard InChI is InChI=1S/C42H65N3/c1-28(2)21-30(4)45-20-14-15-36(45)27-44-35(9)34(8)40-25-42(18-12-13-19-42)24-39(40)33(7)32(6)38-23-41(16-10-11-17-41)22-37(38)31(5)29(3)26-43/h26,28,36-38,43H,4,6,10-25,27H2,1-3,5,7-9H3/b31-29-,39-33?,40-34?,43-26?,44-35?. The molecule has 4 saturated carbocycles. The fourth-order valence-corrected chi connectivity index (χ4v) is 10.4. The maximum absolute atomic E-state index is 8.01. The molecular formula is C42H65N3. The van der Waals surface area contributed by atoms with Gasteiger partial charge in [0.05, 0.1) is 6.54 Å². The molecule has 1 saturated heterocycles. The van der Waals surface area contributed by atoms with E-state index in [4.69, 9.17) is 17.0 Å². The summed E-state index contributed by atoms with van der Waals surface area (Å²) in [5, 5.41) is 8.01. The molecule has 5 rings (SSSR count). The van der Waals surface area contributed by atoms with Gasteiger partial charge < -0.3 is 10.3 Å². The first-order valence-electron chi connectivity index (χ1n) is 18.6. The summed E-state index contributed by atoms with van der Waals surface area (Å²) in [6, 6.07) is 0.494. The monoisotopic (exact) mass is 612 g/mol. The van der Waals surface area contributed by atoms with E-state index in [0.717, 1.165) is 25.1 Å². The third-order valence-electron chi connectivity index (χ3n) is 13.3. The summed E-state index contributed by atoms with van der Waals surface area (Å²) in [6.45, 7) is 27.5. The summed E-state index contributed by atoms with van der Waals surface area (Å²) >= 11 is 0.